The highest BCUT2D eigenvalue weighted by Crippen LogP contribution is 2.22. The molecule has 1 aromatic carbocycles. The maximum absolute atomic E-state index is 13.3. The first-order valence-corrected chi connectivity index (χ1v) is 9.19. The molecule has 126 valence electrons. The standard InChI is InChI=1S/C18H26FN3S/c19-15-6-5-7-16(14-15)20-18(23)22-12-2-1-8-17(22)9-13-21-10-3-4-11-21/h5-7,14,17H,1-4,8-13H2,(H,20,23). The van der Waals surface area contributed by atoms with Gasteiger partial charge in [0.25, 0.3) is 0 Å². The summed E-state index contributed by atoms with van der Waals surface area (Å²) in [6.07, 6.45) is 7.53. The van der Waals surface area contributed by atoms with E-state index in [1.54, 1.807) is 6.07 Å². The van der Waals surface area contributed by atoms with Crippen LogP contribution in [0, 0.1) is 5.82 Å². The fourth-order valence-corrected chi connectivity index (χ4v) is 4.03. The molecule has 2 fully saturated rings. The second-order valence-electron chi connectivity index (χ2n) is 6.62. The highest BCUT2D eigenvalue weighted by molar-refractivity contribution is 7.80. The Morgan fingerprint density at radius 1 is 1.17 bits per heavy atom. The minimum Gasteiger partial charge on any atom is -0.346 e. The third-order valence-electron chi connectivity index (χ3n) is 4.94. The maximum Gasteiger partial charge on any atom is 0.173 e. The molecule has 2 saturated heterocycles. The lowest BCUT2D eigenvalue weighted by molar-refractivity contribution is 0.206. The number of benzene rings is 1. The Balaban J connectivity index is 1.57. The van der Waals surface area contributed by atoms with E-state index in [1.807, 2.05) is 6.07 Å². The number of thiocarbonyl (C=S) groups is 1. The Morgan fingerprint density at radius 2 is 1.96 bits per heavy atom. The van der Waals surface area contributed by atoms with Gasteiger partial charge in [-0.15, -0.1) is 0 Å². The summed E-state index contributed by atoms with van der Waals surface area (Å²) in [4.78, 5) is 4.88. The number of nitrogens with zero attached hydrogens (tertiary/aromatic N) is 2. The van der Waals surface area contributed by atoms with Gasteiger partial charge in [0.2, 0.25) is 0 Å². The van der Waals surface area contributed by atoms with Gasteiger partial charge >= 0.3 is 0 Å². The molecule has 1 N–H and O–H groups in total. The molecular formula is C18H26FN3S. The van der Waals surface area contributed by atoms with Crippen LogP contribution in [0.3, 0.4) is 0 Å². The molecule has 2 aliphatic heterocycles. The van der Waals surface area contributed by atoms with E-state index in [0.29, 0.717) is 6.04 Å². The predicted octanol–water partition coefficient (Wildman–Crippen LogP) is 3.86. The lowest BCUT2D eigenvalue weighted by Crippen LogP contribution is -2.46. The number of likely N-dealkylation sites (tertiary alicyclic amines) is 2. The SMILES string of the molecule is Fc1cccc(NC(=S)N2CCCCC2CCN2CCCC2)c1. The molecule has 3 rings (SSSR count). The zero-order valence-electron chi connectivity index (χ0n) is 13.6. The lowest BCUT2D eigenvalue weighted by Gasteiger charge is -2.38. The molecule has 0 spiro atoms. The molecule has 0 amide bonds. The van der Waals surface area contributed by atoms with E-state index in [9.17, 15) is 4.39 Å². The monoisotopic (exact) mass is 335 g/mol. The molecule has 5 heteroatoms. The van der Waals surface area contributed by atoms with Crippen molar-refractivity contribution in [2.45, 2.75) is 44.6 Å². The van der Waals surface area contributed by atoms with Crippen LogP contribution in [0.2, 0.25) is 0 Å². The molecule has 1 aromatic rings. The lowest BCUT2D eigenvalue weighted by atomic mass is 9.99. The maximum atomic E-state index is 13.3. The second kappa shape index (κ2) is 8.06. The van der Waals surface area contributed by atoms with Gasteiger partial charge < -0.3 is 15.1 Å². The molecule has 23 heavy (non-hydrogen) atoms. The molecule has 1 atom stereocenters. The number of rotatable bonds is 4. The number of halogens is 1. The van der Waals surface area contributed by atoms with E-state index in [-0.39, 0.29) is 5.82 Å². The Morgan fingerprint density at radius 3 is 2.74 bits per heavy atom. The molecule has 0 aromatic heterocycles. The smallest absolute Gasteiger partial charge is 0.173 e. The quantitative estimate of drug-likeness (QED) is 0.842. The van der Waals surface area contributed by atoms with Crippen molar-refractivity contribution in [2.75, 3.05) is 31.5 Å². The van der Waals surface area contributed by atoms with E-state index < -0.39 is 0 Å². The largest absolute Gasteiger partial charge is 0.346 e. The van der Waals surface area contributed by atoms with Gasteiger partial charge in [0.05, 0.1) is 0 Å². The van der Waals surface area contributed by atoms with Gasteiger partial charge in [-0.3, -0.25) is 0 Å². The van der Waals surface area contributed by atoms with Crippen molar-refractivity contribution in [1.82, 2.24) is 9.80 Å². The van der Waals surface area contributed by atoms with Crippen molar-refractivity contribution in [3.8, 4) is 0 Å². The Hall–Kier alpha value is -1.20. The van der Waals surface area contributed by atoms with Gasteiger partial charge in [0, 0.05) is 24.8 Å². The topological polar surface area (TPSA) is 18.5 Å². The summed E-state index contributed by atoms with van der Waals surface area (Å²) in [6, 6.07) is 7.03. The van der Waals surface area contributed by atoms with Crippen LogP contribution in [0.1, 0.15) is 38.5 Å². The number of hydrogen-bond donors (Lipinski definition) is 1. The van der Waals surface area contributed by atoms with E-state index in [2.05, 4.69) is 15.1 Å². The Kier molecular flexibility index (Phi) is 5.84. The van der Waals surface area contributed by atoms with Crippen LogP contribution in [0.4, 0.5) is 10.1 Å². The molecule has 0 radical (unpaired) electrons. The number of nitrogens with one attached hydrogen (secondary N) is 1. The van der Waals surface area contributed by atoms with Gasteiger partial charge in [-0.1, -0.05) is 6.07 Å². The first kappa shape index (κ1) is 16.7. The van der Waals surface area contributed by atoms with E-state index in [1.165, 1.54) is 70.3 Å². The normalized spacial score (nSPS) is 22.3. The first-order valence-electron chi connectivity index (χ1n) is 8.78. The highest BCUT2D eigenvalue weighted by Gasteiger charge is 2.25. The predicted molar refractivity (Wildman–Crippen MR) is 97.3 cm³/mol. The molecule has 0 bridgehead atoms. The van der Waals surface area contributed by atoms with Crippen LogP contribution >= 0.6 is 12.2 Å². The van der Waals surface area contributed by atoms with Crippen molar-refractivity contribution in [1.29, 1.82) is 0 Å². The van der Waals surface area contributed by atoms with Crippen LogP contribution in [-0.4, -0.2) is 47.1 Å². The third kappa shape index (κ3) is 4.64. The summed E-state index contributed by atoms with van der Waals surface area (Å²) in [5, 5.41) is 3.95. The summed E-state index contributed by atoms with van der Waals surface area (Å²) < 4.78 is 13.3. The minimum absolute atomic E-state index is 0.234. The average Bonchev–Trinajstić information content (AvgIpc) is 3.06. The summed E-state index contributed by atoms with van der Waals surface area (Å²) in [5.41, 5.74) is 0.735. The van der Waals surface area contributed by atoms with Crippen LogP contribution in [0.5, 0.6) is 0 Å². The van der Waals surface area contributed by atoms with Crippen molar-refractivity contribution in [3.63, 3.8) is 0 Å². The van der Waals surface area contributed by atoms with Crippen molar-refractivity contribution >= 4 is 23.0 Å². The van der Waals surface area contributed by atoms with Crippen molar-refractivity contribution in [2.24, 2.45) is 0 Å². The third-order valence-corrected chi connectivity index (χ3v) is 5.28. The molecule has 1 unspecified atom stereocenters. The minimum atomic E-state index is -0.234. The fraction of sp³-hybridized carbons (Fsp3) is 0.611. The summed E-state index contributed by atoms with van der Waals surface area (Å²) in [7, 11) is 0. The van der Waals surface area contributed by atoms with Gasteiger partial charge in [0.1, 0.15) is 5.82 Å². The molecule has 2 aliphatic rings. The Bertz CT molecular complexity index is 531. The zero-order valence-corrected chi connectivity index (χ0v) is 14.5. The average molecular weight is 335 g/mol. The summed E-state index contributed by atoms with van der Waals surface area (Å²) in [5.74, 6) is -0.234. The highest BCUT2D eigenvalue weighted by atomic mass is 32.1. The first-order chi connectivity index (χ1) is 11.2. The van der Waals surface area contributed by atoms with Crippen LogP contribution in [-0.2, 0) is 0 Å². The molecule has 3 nitrogen and oxygen atoms in total. The van der Waals surface area contributed by atoms with Gasteiger partial charge in [-0.25, -0.2) is 4.39 Å². The number of piperidine rings is 1. The van der Waals surface area contributed by atoms with Crippen LogP contribution < -0.4 is 5.32 Å². The van der Waals surface area contributed by atoms with Crippen LogP contribution in [0.25, 0.3) is 0 Å². The summed E-state index contributed by atoms with van der Waals surface area (Å²) >= 11 is 5.60. The fourth-order valence-electron chi connectivity index (χ4n) is 3.67. The van der Waals surface area contributed by atoms with Gasteiger partial charge in [-0.2, -0.15) is 0 Å². The zero-order chi connectivity index (χ0) is 16.1. The Labute approximate surface area is 143 Å². The molecular weight excluding hydrogens is 309 g/mol. The molecule has 0 aliphatic carbocycles. The van der Waals surface area contributed by atoms with Gasteiger partial charge in [0.15, 0.2) is 5.11 Å². The van der Waals surface area contributed by atoms with Gasteiger partial charge in [-0.05, 0) is 82.0 Å². The van der Waals surface area contributed by atoms with Crippen molar-refractivity contribution < 1.29 is 4.39 Å². The summed E-state index contributed by atoms with van der Waals surface area (Å²) in [6.45, 7) is 4.67. The van der Waals surface area contributed by atoms with Crippen molar-refractivity contribution in [3.05, 3.63) is 30.1 Å². The number of anilines is 1. The molecule has 0 saturated carbocycles. The number of hydrogen-bond acceptors (Lipinski definition) is 2. The van der Waals surface area contributed by atoms with E-state index in [0.717, 1.165) is 17.3 Å². The second-order valence-corrected chi connectivity index (χ2v) is 7.01. The molecule has 2 heterocycles. The van der Waals surface area contributed by atoms with E-state index in [4.69, 9.17) is 12.2 Å². The van der Waals surface area contributed by atoms with Crippen LogP contribution in [0.15, 0.2) is 24.3 Å². The van der Waals surface area contributed by atoms with E-state index >= 15 is 0 Å².